The first-order valence-corrected chi connectivity index (χ1v) is 13.4. The Bertz CT molecular complexity index is 725. The molecule has 2 rings (SSSR count). The third kappa shape index (κ3) is 11.6. The van der Waals surface area contributed by atoms with Crippen LogP contribution in [0.1, 0.15) is 126 Å². The molecule has 0 aliphatic heterocycles. The largest absolute Gasteiger partial charge is 0.288 e. The van der Waals surface area contributed by atoms with Crippen LogP contribution in [-0.2, 0) is 6.54 Å². The van der Waals surface area contributed by atoms with E-state index in [2.05, 4.69) is 17.7 Å². The summed E-state index contributed by atoms with van der Waals surface area (Å²) in [5, 5.41) is 0. The number of ketones is 1. The molecule has 2 heteroatoms. The van der Waals surface area contributed by atoms with E-state index in [1.54, 1.807) is 0 Å². The van der Waals surface area contributed by atoms with E-state index in [1.807, 2.05) is 48.7 Å². The second kappa shape index (κ2) is 17.6. The van der Waals surface area contributed by atoms with Gasteiger partial charge in [0, 0.05) is 18.1 Å². The summed E-state index contributed by atoms with van der Waals surface area (Å²) in [6, 6.07) is 13.5. The third-order valence-corrected chi connectivity index (χ3v) is 6.43. The van der Waals surface area contributed by atoms with Crippen molar-refractivity contribution in [3.8, 4) is 0 Å². The zero-order valence-electron chi connectivity index (χ0n) is 20.6. The number of benzene rings is 1. The minimum atomic E-state index is 0.104. The highest BCUT2D eigenvalue weighted by molar-refractivity contribution is 6.08. The van der Waals surface area contributed by atoms with E-state index in [1.165, 1.54) is 103 Å². The van der Waals surface area contributed by atoms with Crippen LogP contribution in [0.4, 0.5) is 0 Å². The topological polar surface area (TPSA) is 20.9 Å². The van der Waals surface area contributed by atoms with Gasteiger partial charge in [0.2, 0.25) is 0 Å². The molecule has 2 nitrogen and oxygen atoms in total. The number of carbonyl (C=O) groups is 1. The summed E-state index contributed by atoms with van der Waals surface area (Å²) in [6.45, 7) is 3.28. The Hall–Kier alpha value is -1.96. The fourth-order valence-electron chi connectivity index (χ4n) is 4.39. The smallest absolute Gasteiger partial charge is 0.199 e. The highest BCUT2D eigenvalue weighted by Crippen LogP contribution is 2.14. The fourth-order valence-corrected chi connectivity index (χ4v) is 4.39. The summed E-state index contributed by atoms with van der Waals surface area (Å²) in [5.74, 6) is 0.104. The fraction of sp³-hybridized carbons (Fsp3) is 0.600. The number of carbonyl (C=O) groups excluding carboxylic acids is 1. The van der Waals surface area contributed by atoms with Gasteiger partial charge in [0.25, 0.3) is 0 Å². The Labute approximate surface area is 197 Å². The number of hydrogen-bond donors (Lipinski definition) is 0. The molecule has 176 valence electrons. The first-order chi connectivity index (χ1) is 15.8. The predicted molar refractivity (Wildman–Crippen MR) is 136 cm³/mol. The number of unbranched alkanes of at least 4 members (excludes halogenated alkanes) is 15. The lowest BCUT2D eigenvalue weighted by Gasteiger charge is -2.04. The molecule has 0 spiro atoms. The molecule has 0 aliphatic carbocycles. The lowest BCUT2D eigenvalue weighted by Crippen LogP contribution is -2.33. The minimum Gasteiger partial charge on any atom is -0.288 e. The molecule has 0 saturated carbocycles. The molecule has 0 fully saturated rings. The number of hydrogen-bond acceptors (Lipinski definition) is 1. The molecule has 1 aromatic heterocycles. The molecule has 1 heterocycles. The Kier molecular flexibility index (Phi) is 14.4. The summed E-state index contributed by atoms with van der Waals surface area (Å²) in [4.78, 5) is 12.6. The maximum absolute atomic E-state index is 12.6. The van der Waals surface area contributed by atoms with Crippen LogP contribution in [0.2, 0.25) is 0 Å². The van der Waals surface area contributed by atoms with Gasteiger partial charge in [-0.05, 0) is 12.5 Å². The molecule has 0 bridgehead atoms. The highest BCUT2D eigenvalue weighted by Gasteiger charge is 2.12. The molecule has 0 saturated heterocycles. The molecule has 32 heavy (non-hydrogen) atoms. The molecule has 0 N–H and O–H groups in total. The van der Waals surface area contributed by atoms with Gasteiger partial charge in [0.05, 0.1) is 5.56 Å². The van der Waals surface area contributed by atoms with Crippen LogP contribution in [0.5, 0.6) is 0 Å². The average molecular weight is 437 g/mol. The zero-order valence-corrected chi connectivity index (χ0v) is 20.6. The summed E-state index contributed by atoms with van der Waals surface area (Å²) < 4.78 is 2.17. The molecular formula is C30H46NO+. The molecule has 0 radical (unpaired) electrons. The van der Waals surface area contributed by atoms with Gasteiger partial charge in [-0.15, -0.1) is 0 Å². The van der Waals surface area contributed by atoms with Crippen molar-refractivity contribution >= 4 is 5.78 Å². The number of aryl methyl sites for hydroxylation is 1. The van der Waals surface area contributed by atoms with E-state index in [-0.39, 0.29) is 5.78 Å². The Morgan fingerprint density at radius 2 is 1.06 bits per heavy atom. The van der Waals surface area contributed by atoms with Crippen LogP contribution in [-0.4, -0.2) is 5.78 Å². The van der Waals surface area contributed by atoms with Crippen molar-refractivity contribution < 1.29 is 9.36 Å². The van der Waals surface area contributed by atoms with Crippen molar-refractivity contribution in [2.45, 2.75) is 116 Å². The van der Waals surface area contributed by atoms with Crippen LogP contribution in [0.25, 0.3) is 0 Å². The maximum Gasteiger partial charge on any atom is 0.199 e. The molecule has 0 amide bonds. The van der Waals surface area contributed by atoms with E-state index in [0.29, 0.717) is 0 Å². The zero-order chi connectivity index (χ0) is 22.7. The summed E-state index contributed by atoms with van der Waals surface area (Å²) in [5.41, 5.74) is 1.53. The van der Waals surface area contributed by atoms with Crippen molar-refractivity contribution in [1.29, 1.82) is 0 Å². The Morgan fingerprint density at radius 1 is 0.594 bits per heavy atom. The van der Waals surface area contributed by atoms with Crippen molar-refractivity contribution in [2.75, 3.05) is 0 Å². The van der Waals surface area contributed by atoms with E-state index >= 15 is 0 Å². The van der Waals surface area contributed by atoms with E-state index in [9.17, 15) is 4.79 Å². The minimum absolute atomic E-state index is 0.104. The number of pyridine rings is 1. The van der Waals surface area contributed by atoms with E-state index < -0.39 is 0 Å². The first-order valence-electron chi connectivity index (χ1n) is 13.4. The number of aromatic nitrogens is 1. The van der Waals surface area contributed by atoms with Gasteiger partial charge in [-0.3, -0.25) is 4.79 Å². The summed E-state index contributed by atoms with van der Waals surface area (Å²) in [6.07, 6.45) is 26.4. The van der Waals surface area contributed by atoms with Gasteiger partial charge >= 0.3 is 0 Å². The van der Waals surface area contributed by atoms with Crippen LogP contribution < -0.4 is 4.57 Å². The van der Waals surface area contributed by atoms with Crippen LogP contribution in [0.3, 0.4) is 0 Å². The first kappa shape index (κ1) is 26.3. The normalized spacial score (nSPS) is 11.0. The lowest BCUT2D eigenvalue weighted by atomic mass is 10.0. The average Bonchev–Trinajstić information content (AvgIpc) is 2.84. The van der Waals surface area contributed by atoms with E-state index in [4.69, 9.17) is 0 Å². The number of rotatable bonds is 19. The Balaban J connectivity index is 1.44. The second-order valence-corrected chi connectivity index (χ2v) is 9.33. The lowest BCUT2D eigenvalue weighted by molar-refractivity contribution is -0.697. The molecule has 0 atom stereocenters. The molecule has 0 unspecified atom stereocenters. The predicted octanol–water partition coefficient (Wildman–Crippen LogP) is 8.47. The molecule has 2 aromatic rings. The SMILES string of the molecule is CCCCCCCCCCCCCCCCCC[n+]1cccc(C(=O)c2ccccc2)c1. The monoisotopic (exact) mass is 436 g/mol. The molecular weight excluding hydrogens is 390 g/mol. The number of nitrogens with zero attached hydrogens (tertiary/aromatic N) is 1. The van der Waals surface area contributed by atoms with Crippen molar-refractivity contribution in [1.82, 2.24) is 0 Å². The Morgan fingerprint density at radius 3 is 1.59 bits per heavy atom. The second-order valence-electron chi connectivity index (χ2n) is 9.33. The van der Waals surface area contributed by atoms with Gasteiger partial charge in [0.15, 0.2) is 18.2 Å². The van der Waals surface area contributed by atoms with Gasteiger partial charge < -0.3 is 0 Å². The highest BCUT2D eigenvalue weighted by atomic mass is 16.1. The van der Waals surface area contributed by atoms with Crippen LogP contribution >= 0.6 is 0 Å². The maximum atomic E-state index is 12.6. The summed E-state index contributed by atoms with van der Waals surface area (Å²) >= 11 is 0. The van der Waals surface area contributed by atoms with Crippen LogP contribution in [0, 0.1) is 0 Å². The van der Waals surface area contributed by atoms with Crippen molar-refractivity contribution in [3.05, 3.63) is 66.0 Å². The van der Waals surface area contributed by atoms with E-state index in [0.717, 1.165) is 17.7 Å². The summed E-state index contributed by atoms with van der Waals surface area (Å²) in [7, 11) is 0. The molecule has 1 aromatic carbocycles. The third-order valence-electron chi connectivity index (χ3n) is 6.43. The quantitative estimate of drug-likeness (QED) is 0.123. The van der Waals surface area contributed by atoms with Crippen molar-refractivity contribution in [2.24, 2.45) is 0 Å². The standard InChI is InChI=1S/C30H46NO/c1-2-3-4-5-6-7-8-9-10-11-12-13-14-15-16-20-25-31-26-21-24-29(27-31)30(32)28-22-18-17-19-23-28/h17-19,21-24,26-27H,2-16,20,25H2,1H3/q+1. The van der Waals surface area contributed by atoms with Gasteiger partial charge in [-0.25, -0.2) is 4.57 Å². The van der Waals surface area contributed by atoms with Gasteiger partial charge in [-0.2, -0.15) is 0 Å². The van der Waals surface area contributed by atoms with Gasteiger partial charge in [-0.1, -0.05) is 127 Å². The van der Waals surface area contributed by atoms with Crippen LogP contribution in [0.15, 0.2) is 54.9 Å². The van der Waals surface area contributed by atoms with Crippen molar-refractivity contribution in [3.63, 3.8) is 0 Å². The molecule has 0 aliphatic rings. The van der Waals surface area contributed by atoms with Gasteiger partial charge in [0.1, 0.15) is 6.54 Å².